The van der Waals surface area contributed by atoms with Gasteiger partial charge in [0.1, 0.15) is 5.75 Å². The molecule has 132 valence electrons. The van der Waals surface area contributed by atoms with Crippen molar-refractivity contribution in [3.63, 3.8) is 0 Å². The molecule has 0 atom stereocenters. The van der Waals surface area contributed by atoms with Crippen molar-refractivity contribution in [3.05, 3.63) is 83.4 Å². The highest BCUT2D eigenvalue weighted by Crippen LogP contribution is 2.29. The van der Waals surface area contributed by atoms with Crippen LogP contribution >= 0.6 is 0 Å². The lowest BCUT2D eigenvalue weighted by molar-refractivity contribution is -0.118. The van der Waals surface area contributed by atoms with E-state index >= 15 is 0 Å². The number of amides is 1. The molecule has 0 unspecified atom stereocenters. The van der Waals surface area contributed by atoms with E-state index in [0.29, 0.717) is 5.75 Å². The van der Waals surface area contributed by atoms with Crippen molar-refractivity contribution >= 4 is 11.6 Å². The summed E-state index contributed by atoms with van der Waals surface area (Å²) in [5.74, 6) is 0.536. The molecule has 3 rings (SSSR count). The molecule has 3 aromatic rings. The average molecular weight is 345 g/mol. The number of ether oxygens (including phenoxy) is 1. The Bertz CT molecular complexity index is 893. The van der Waals surface area contributed by atoms with Crippen LogP contribution in [-0.4, -0.2) is 12.5 Å². The highest BCUT2D eigenvalue weighted by atomic mass is 16.5. The number of carbonyl (C=O) groups excluding carboxylic acids is 1. The number of aryl methyl sites for hydroxylation is 3. The van der Waals surface area contributed by atoms with Gasteiger partial charge in [0.25, 0.3) is 5.91 Å². The van der Waals surface area contributed by atoms with E-state index < -0.39 is 0 Å². The van der Waals surface area contributed by atoms with Crippen molar-refractivity contribution in [3.8, 4) is 16.9 Å². The predicted octanol–water partition coefficient (Wildman–Crippen LogP) is 5.30. The van der Waals surface area contributed by atoms with Crippen LogP contribution in [0.3, 0.4) is 0 Å². The van der Waals surface area contributed by atoms with E-state index in [-0.39, 0.29) is 12.5 Å². The molecule has 0 aromatic heterocycles. The first-order valence-electron chi connectivity index (χ1n) is 8.69. The van der Waals surface area contributed by atoms with Crippen LogP contribution in [0.4, 0.5) is 5.69 Å². The number of nitrogens with one attached hydrogen (secondary N) is 1. The van der Waals surface area contributed by atoms with Crippen molar-refractivity contribution in [2.75, 3.05) is 11.9 Å². The van der Waals surface area contributed by atoms with Gasteiger partial charge in [-0.3, -0.25) is 4.79 Å². The van der Waals surface area contributed by atoms with E-state index in [9.17, 15) is 4.79 Å². The Morgan fingerprint density at radius 2 is 1.50 bits per heavy atom. The van der Waals surface area contributed by atoms with Gasteiger partial charge >= 0.3 is 0 Å². The SMILES string of the molecule is Cc1cc(C)c(NC(=O)COc2ccccc2-c2ccccc2)c(C)c1. The maximum Gasteiger partial charge on any atom is 0.262 e. The summed E-state index contributed by atoms with van der Waals surface area (Å²) < 4.78 is 5.82. The van der Waals surface area contributed by atoms with Crippen LogP contribution in [0.2, 0.25) is 0 Å². The van der Waals surface area contributed by atoms with Gasteiger partial charge < -0.3 is 10.1 Å². The maximum atomic E-state index is 12.4. The van der Waals surface area contributed by atoms with Gasteiger partial charge in [0.05, 0.1) is 0 Å². The molecule has 0 aliphatic carbocycles. The molecule has 0 radical (unpaired) electrons. The quantitative estimate of drug-likeness (QED) is 0.682. The molecule has 0 heterocycles. The Labute approximate surface area is 154 Å². The van der Waals surface area contributed by atoms with Crippen LogP contribution < -0.4 is 10.1 Å². The van der Waals surface area contributed by atoms with Gasteiger partial charge in [-0.25, -0.2) is 0 Å². The molecular weight excluding hydrogens is 322 g/mol. The van der Waals surface area contributed by atoms with E-state index in [2.05, 4.69) is 24.4 Å². The van der Waals surface area contributed by atoms with E-state index in [1.54, 1.807) is 0 Å². The number of anilines is 1. The van der Waals surface area contributed by atoms with E-state index in [4.69, 9.17) is 4.74 Å². The summed E-state index contributed by atoms with van der Waals surface area (Å²) in [6.45, 7) is 6.02. The molecule has 3 nitrogen and oxygen atoms in total. The number of carbonyl (C=O) groups is 1. The minimum absolute atomic E-state index is 0.0311. The first-order valence-corrected chi connectivity index (χ1v) is 8.69. The van der Waals surface area contributed by atoms with E-state index in [0.717, 1.165) is 27.9 Å². The van der Waals surface area contributed by atoms with Crippen molar-refractivity contribution in [1.29, 1.82) is 0 Å². The van der Waals surface area contributed by atoms with Crippen molar-refractivity contribution in [2.45, 2.75) is 20.8 Å². The van der Waals surface area contributed by atoms with Crippen molar-refractivity contribution in [2.24, 2.45) is 0 Å². The normalized spacial score (nSPS) is 10.4. The molecule has 0 spiro atoms. The molecule has 0 fully saturated rings. The van der Waals surface area contributed by atoms with Crippen LogP contribution in [0.1, 0.15) is 16.7 Å². The molecular formula is C23H23NO2. The number of para-hydroxylation sites is 1. The highest BCUT2D eigenvalue weighted by molar-refractivity contribution is 5.93. The van der Waals surface area contributed by atoms with Gasteiger partial charge in [0.15, 0.2) is 6.61 Å². The molecule has 1 amide bonds. The minimum Gasteiger partial charge on any atom is -0.483 e. The third-order valence-corrected chi connectivity index (χ3v) is 4.27. The summed E-state index contributed by atoms with van der Waals surface area (Å²) in [7, 11) is 0. The standard InChI is InChI=1S/C23H23NO2/c1-16-13-17(2)23(18(3)14-16)24-22(25)15-26-21-12-8-7-11-20(21)19-9-5-4-6-10-19/h4-14H,15H2,1-3H3,(H,24,25). The van der Waals surface area contributed by atoms with Gasteiger partial charge in [-0.1, -0.05) is 66.2 Å². The van der Waals surface area contributed by atoms with Crippen molar-refractivity contribution < 1.29 is 9.53 Å². The summed E-state index contributed by atoms with van der Waals surface area (Å²) in [6.07, 6.45) is 0. The third kappa shape index (κ3) is 4.12. The Morgan fingerprint density at radius 1 is 0.885 bits per heavy atom. The van der Waals surface area contributed by atoms with E-state index in [1.807, 2.05) is 68.4 Å². The number of benzene rings is 3. The largest absolute Gasteiger partial charge is 0.483 e. The molecule has 0 aliphatic rings. The lowest BCUT2D eigenvalue weighted by atomic mass is 10.0. The molecule has 1 N–H and O–H groups in total. The molecule has 0 aliphatic heterocycles. The Hall–Kier alpha value is -3.07. The van der Waals surface area contributed by atoms with Crippen LogP contribution in [0.15, 0.2) is 66.7 Å². The summed E-state index contributed by atoms with van der Waals surface area (Å²) in [5, 5.41) is 2.97. The zero-order valence-electron chi connectivity index (χ0n) is 15.4. The fourth-order valence-corrected chi connectivity index (χ4v) is 3.14. The maximum absolute atomic E-state index is 12.4. The van der Waals surface area contributed by atoms with Gasteiger partial charge in [-0.2, -0.15) is 0 Å². The molecule has 3 heteroatoms. The summed E-state index contributed by atoms with van der Waals surface area (Å²) in [5.41, 5.74) is 6.20. The lowest BCUT2D eigenvalue weighted by Gasteiger charge is -2.14. The molecule has 0 saturated heterocycles. The van der Waals surface area contributed by atoms with Crippen LogP contribution in [0.5, 0.6) is 5.75 Å². The summed E-state index contributed by atoms with van der Waals surface area (Å²) in [4.78, 5) is 12.4. The first-order chi connectivity index (χ1) is 12.5. The Kier molecular flexibility index (Phi) is 5.37. The lowest BCUT2D eigenvalue weighted by Crippen LogP contribution is -2.21. The third-order valence-electron chi connectivity index (χ3n) is 4.27. The Balaban J connectivity index is 1.72. The fourth-order valence-electron chi connectivity index (χ4n) is 3.14. The van der Waals surface area contributed by atoms with Gasteiger partial charge in [0.2, 0.25) is 0 Å². The molecule has 0 bridgehead atoms. The second kappa shape index (κ2) is 7.87. The zero-order chi connectivity index (χ0) is 18.5. The topological polar surface area (TPSA) is 38.3 Å². The number of hydrogen-bond donors (Lipinski definition) is 1. The van der Waals surface area contributed by atoms with Crippen LogP contribution in [-0.2, 0) is 4.79 Å². The zero-order valence-corrected chi connectivity index (χ0v) is 15.4. The number of hydrogen-bond acceptors (Lipinski definition) is 2. The van der Waals surface area contributed by atoms with Gasteiger partial charge in [-0.15, -0.1) is 0 Å². The van der Waals surface area contributed by atoms with Gasteiger partial charge in [0, 0.05) is 11.3 Å². The predicted molar refractivity (Wildman–Crippen MR) is 107 cm³/mol. The first kappa shape index (κ1) is 17.7. The monoisotopic (exact) mass is 345 g/mol. The molecule has 3 aromatic carbocycles. The molecule has 0 saturated carbocycles. The summed E-state index contributed by atoms with van der Waals surface area (Å²) in [6, 6.07) is 21.9. The number of rotatable bonds is 5. The Morgan fingerprint density at radius 3 is 2.19 bits per heavy atom. The fraction of sp³-hybridized carbons (Fsp3) is 0.174. The minimum atomic E-state index is -0.164. The molecule has 26 heavy (non-hydrogen) atoms. The van der Waals surface area contributed by atoms with E-state index in [1.165, 1.54) is 5.56 Å². The highest BCUT2D eigenvalue weighted by Gasteiger charge is 2.11. The second-order valence-electron chi connectivity index (χ2n) is 6.47. The van der Waals surface area contributed by atoms with Crippen LogP contribution in [0, 0.1) is 20.8 Å². The second-order valence-corrected chi connectivity index (χ2v) is 6.47. The average Bonchev–Trinajstić information content (AvgIpc) is 2.64. The van der Waals surface area contributed by atoms with Crippen molar-refractivity contribution in [1.82, 2.24) is 0 Å². The van der Waals surface area contributed by atoms with Gasteiger partial charge in [-0.05, 0) is 43.5 Å². The summed E-state index contributed by atoms with van der Waals surface area (Å²) >= 11 is 0. The smallest absolute Gasteiger partial charge is 0.262 e. The van der Waals surface area contributed by atoms with Crippen LogP contribution in [0.25, 0.3) is 11.1 Å².